The van der Waals surface area contributed by atoms with E-state index in [0.29, 0.717) is 36.7 Å². The Bertz CT molecular complexity index is 1290. The fourth-order valence-electron chi connectivity index (χ4n) is 4.27. The van der Waals surface area contributed by atoms with Gasteiger partial charge < -0.3 is 30.4 Å². The molecule has 4 N–H and O–H groups in total. The average Bonchev–Trinajstić information content (AvgIpc) is 3.23. The topological polar surface area (TPSA) is 136 Å². The van der Waals surface area contributed by atoms with Crippen LogP contribution in [0.3, 0.4) is 0 Å². The van der Waals surface area contributed by atoms with E-state index in [1.54, 1.807) is 4.57 Å². The number of nitrogens with two attached hydrogens (primary N) is 1. The van der Waals surface area contributed by atoms with Gasteiger partial charge in [0.15, 0.2) is 11.6 Å². The first-order chi connectivity index (χ1) is 15.3. The van der Waals surface area contributed by atoms with Crippen molar-refractivity contribution in [2.75, 3.05) is 35.6 Å². The molecule has 11 heteroatoms. The quantitative estimate of drug-likeness (QED) is 0.555. The van der Waals surface area contributed by atoms with Gasteiger partial charge in [0.1, 0.15) is 17.9 Å². The molecule has 10 nitrogen and oxygen atoms in total. The van der Waals surface area contributed by atoms with Crippen molar-refractivity contribution < 1.29 is 19.0 Å². The second-order valence-corrected chi connectivity index (χ2v) is 8.10. The molecule has 2 atom stereocenters. The molecular weight excluding hydrogens is 419 g/mol. The average molecular weight is 440 g/mol. The molecular formula is C21H21FN6O4. The van der Waals surface area contributed by atoms with Crippen molar-refractivity contribution in [1.29, 1.82) is 0 Å². The minimum absolute atomic E-state index is 0.0159. The molecule has 0 bridgehead atoms. The molecule has 0 radical (unpaired) electrons. The standard InChI is InChI=1S/C21H21FN6O4/c1-10-9-32-19-16(26-12-2-3-27(7-12)21-24-5-11(23)6-25-21)15(22)4-13-17(19)28(10)8-14(18(13)29)20(30)31/h4-6,8,10,12,26H,2-3,7,9,23H2,1H3,(H,30,31)/t10-,12+/m0/s1. The van der Waals surface area contributed by atoms with Crippen molar-refractivity contribution in [1.82, 2.24) is 14.5 Å². The molecule has 1 saturated heterocycles. The number of nitrogens with zero attached hydrogens (tertiary/aromatic N) is 4. The Morgan fingerprint density at radius 3 is 2.84 bits per heavy atom. The Kier molecular flexibility index (Phi) is 4.61. The number of nitrogen functional groups attached to an aromatic ring is 1. The highest BCUT2D eigenvalue weighted by Crippen LogP contribution is 2.40. The Balaban J connectivity index is 1.52. The molecule has 5 rings (SSSR count). The Morgan fingerprint density at radius 1 is 1.38 bits per heavy atom. The second-order valence-electron chi connectivity index (χ2n) is 8.10. The number of hydrogen-bond acceptors (Lipinski definition) is 8. The Hall–Kier alpha value is -3.89. The maximum atomic E-state index is 15.2. The number of hydrogen-bond donors (Lipinski definition) is 3. The van der Waals surface area contributed by atoms with Gasteiger partial charge >= 0.3 is 5.97 Å². The fourth-order valence-corrected chi connectivity index (χ4v) is 4.27. The smallest absolute Gasteiger partial charge is 0.341 e. The van der Waals surface area contributed by atoms with Crippen LogP contribution in [0.4, 0.5) is 21.7 Å². The SMILES string of the molecule is C[C@H]1COc2c(N[C@@H]3CCN(c4ncc(N)cn4)C3)c(F)cc3c(=O)c(C(=O)O)cn1c23. The summed E-state index contributed by atoms with van der Waals surface area (Å²) >= 11 is 0. The molecule has 166 valence electrons. The molecule has 3 aromatic rings. The van der Waals surface area contributed by atoms with Crippen molar-refractivity contribution in [3.05, 3.63) is 46.3 Å². The van der Waals surface area contributed by atoms with E-state index in [-0.39, 0.29) is 35.5 Å². The summed E-state index contributed by atoms with van der Waals surface area (Å²) in [5, 5.41) is 12.6. The van der Waals surface area contributed by atoms with Crippen LogP contribution in [-0.4, -0.2) is 51.3 Å². The number of ether oxygens (including phenoxy) is 1. The summed E-state index contributed by atoms with van der Waals surface area (Å²) in [7, 11) is 0. The van der Waals surface area contributed by atoms with Crippen molar-refractivity contribution in [3.63, 3.8) is 0 Å². The van der Waals surface area contributed by atoms with Crippen LogP contribution in [0.15, 0.2) is 29.5 Å². The van der Waals surface area contributed by atoms with Crippen LogP contribution in [-0.2, 0) is 0 Å². The van der Waals surface area contributed by atoms with Crippen molar-refractivity contribution in [3.8, 4) is 5.75 Å². The van der Waals surface area contributed by atoms with E-state index in [1.165, 1.54) is 18.6 Å². The molecule has 0 amide bonds. The van der Waals surface area contributed by atoms with E-state index in [9.17, 15) is 14.7 Å². The van der Waals surface area contributed by atoms with E-state index in [2.05, 4.69) is 15.3 Å². The molecule has 0 aliphatic carbocycles. The van der Waals surface area contributed by atoms with Crippen LogP contribution < -0.4 is 26.1 Å². The van der Waals surface area contributed by atoms with Crippen LogP contribution in [0.1, 0.15) is 29.7 Å². The normalized spacial score (nSPS) is 19.8. The van der Waals surface area contributed by atoms with Gasteiger partial charge in [-0.05, 0) is 19.4 Å². The highest BCUT2D eigenvalue weighted by atomic mass is 19.1. The van der Waals surface area contributed by atoms with E-state index in [1.807, 2.05) is 11.8 Å². The van der Waals surface area contributed by atoms with E-state index >= 15 is 4.39 Å². The van der Waals surface area contributed by atoms with Gasteiger partial charge in [-0.15, -0.1) is 0 Å². The number of halogens is 1. The molecule has 1 aromatic carbocycles. The third-order valence-electron chi connectivity index (χ3n) is 5.87. The molecule has 2 aliphatic rings. The van der Waals surface area contributed by atoms with Crippen LogP contribution in [0.2, 0.25) is 0 Å². The lowest BCUT2D eigenvalue weighted by atomic mass is 10.1. The number of rotatable bonds is 4. The molecule has 2 aromatic heterocycles. The largest absolute Gasteiger partial charge is 0.487 e. The molecule has 1 fully saturated rings. The molecule has 0 unspecified atom stereocenters. The summed E-state index contributed by atoms with van der Waals surface area (Å²) in [6, 6.07) is 0.760. The van der Waals surface area contributed by atoms with Gasteiger partial charge in [0, 0.05) is 25.3 Å². The third kappa shape index (κ3) is 3.17. The monoisotopic (exact) mass is 440 g/mol. The van der Waals surface area contributed by atoms with Crippen LogP contribution in [0.5, 0.6) is 5.75 Å². The van der Waals surface area contributed by atoms with Gasteiger partial charge in [0.25, 0.3) is 0 Å². The maximum Gasteiger partial charge on any atom is 0.341 e. The number of aromatic carboxylic acids is 1. The zero-order valence-corrected chi connectivity index (χ0v) is 17.2. The van der Waals surface area contributed by atoms with E-state index in [0.717, 1.165) is 6.07 Å². The molecule has 4 heterocycles. The first-order valence-corrected chi connectivity index (χ1v) is 10.2. The highest BCUT2D eigenvalue weighted by molar-refractivity contribution is 5.97. The summed E-state index contributed by atoms with van der Waals surface area (Å²) < 4.78 is 22.7. The van der Waals surface area contributed by atoms with Gasteiger partial charge in [-0.3, -0.25) is 4.79 Å². The van der Waals surface area contributed by atoms with Crippen molar-refractivity contribution in [2.45, 2.75) is 25.4 Å². The van der Waals surface area contributed by atoms with E-state index < -0.39 is 22.8 Å². The molecule has 0 spiro atoms. The van der Waals surface area contributed by atoms with Crippen LogP contribution in [0, 0.1) is 5.82 Å². The van der Waals surface area contributed by atoms with Gasteiger partial charge in [-0.2, -0.15) is 0 Å². The predicted molar refractivity (Wildman–Crippen MR) is 116 cm³/mol. The Morgan fingerprint density at radius 2 is 2.12 bits per heavy atom. The zero-order valence-electron chi connectivity index (χ0n) is 17.2. The van der Waals surface area contributed by atoms with Crippen LogP contribution >= 0.6 is 0 Å². The lowest BCUT2D eigenvalue weighted by Gasteiger charge is -2.29. The number of anilines is 3. The Labute approximate surface area is 181 Å². The van der Waals surface area contributed by atoms with Crippen molar-refractivity contribution in [2.24, 2.45) is 0 Å². The van der Waals surface area contributed by atoms with Gasteiger partial charge in [-0.1, -0.05) is 0 Å². The number of aromatic nitrogens is 3. The van der Waals surface area contributed by atoms with Gasteiger partial charge in [0.05, 0.1) is 35.0 Å². The van der Waals surface area contributed by atoms with E-state index in [4.69, 9.17) is 10.5 Å². The minimum atomic E-state index is -1.35. The van der Waals surface area contributed by atoms with Crippen molar-refractivity contribution >= 4 is 34.2 Å². The maximum absolute atomic E-state index is 15.2. The number of benzene rings is 1. The summed E-state index contributed by atoms with van der Waals surface area (Å²) in [4.78, 5) is 34.6. The molecule has 0 saturated carbocycles. The highest BCUT2D eigenvalue weighted by Gasteiger charge is 2.31. The first kappa shape index (κ1) is 20.0. The molecule has 2 aliphatic heterocycles. The zero-order chi connectivity index (χ0) is 22.6. The first-order valence-electron chi connectivity index (χ1n) is 10.2. The summed E-state index contributed by atoms with van der Waals surface area (Å²) in [6.45, 7) is 3.29. The number of carbonyl (C=O) groups is 1. The second kappa shape index (κ2) is 7.36. The predicted octanol–water partition coefficient (Wildman–Crippen LogP) is 1.86. The number of pyridine rings is 1. The molecule has 32 heavy (non-hydrogen) atoms. The lowest BCUT2D eigenvalue weighted by Crippen LogP contribution is -2.30. The van der Waals surface area contributed by atoms with Gasteiger partial charge in [0.2, 0.25) is 11.4 Å². The number of carboxylic acids is 1. The summed E-state index contributed by atoms with van der Waals surface area (Å²) in [5.74, 6) is -1.26. The number of carboxylic acid groups (broad SMARTS) is 1. The summed E-state index contributed by atoms with van der Waals surface area (Å²) in [6.07, 6.45) is 5.10. The number of nitrogens with one attached hydrogen (secondary N) is 1. The van der Waals surface area contributed by atoms with Crippen LogP contribution in [0.25, 0.3) is 10.9 Å². The lowest BCUT2D eigenvalue weighted by molar-refractivity contribution is 0.0694. The minimum Gasteiger partial charge on any atom is -0.487 e. The summed E-state index contributed by atoms with van der Waals surface area (Å²) in [5.41, 5.74) is 5.53. The van der Waals surface area contributed by atoms with Gasteiger partial charge in [-0.25, -0.2) is 19.2 Å². The third-order valence-corrected chi connectivity index (χ3v) is 5.87. The fraction of sp³-hybridized carbons (Fsp3) is 0.333.